The van der Waals surface area contributed by atoms with Crippen molar-refractivity contribution < 1.29 is 14.3 Å². The van der Waals surface area contributed by atoms with Gasteiger partial charge in [0.05, 0.1) is 25.3 Å². The van der Waals surface area contributed by atoms with Gasteiger partial charge in [-0.2, -0.15) is 0 Å². The number of anilines is 1. The van der Waals surface area contributed by atoms with Crippen LogP contribution in [0.25, 0.3) is 0 Å². The van der Waals surface area contributed by atoms with Gasteiger partial charge in [0.2, 0.25) is 0 Å². The second-order valence-electron chi connectivity index (χ2n) is 4.55. The minimum atomic E-state index is -0.226. The molecular formula is C14H24N2O3S. The van der Waals surface area contributed by atoms with Gasteiger partial charge >= 0.3 is 5.97 Å². The number of rotatable bonds is 9. The Labute approximate surface area is 124 Å². The number of methoxy groups -OCH3 is 1. The Morgan fingerprint density at radius 2 is 2.25 bits per heavy atom. The molecule has 1 aromatic heterocycles. The first-order chi connectivity index (χ1) is 9.62. The monoisotopic (exact) mass is 300 g/mol. The van der Waals surface area contributed by atoms with E-state index in [2.05, 4.69) is 23.7 Å². The summed E-state index contributed by atoms with van der Waals surface area (Å²) >= 11 is 1.56. The van der Waals surface area contributed by atoms with Crippen LogP contribution in [0.4, 0.5) is 5.13 Å². The van der Waals surface area contributed by atoms with Crippen LogP contribution in [0.15, 0.2) is 5.38 Å². The zero-order chi connectivity index (χ0) is 15.0. The van der Waals surface area contributed by atoms with E-state index in [0.717, 1.165) is 23.8 Å². The molecular weight excluding hydrogens is 276 g/mol. The summed E-state index contributed by atoms with van der Waals surface area (Å²) in [5, 5.41) is 2.87. The topological polar surface area (TPSA) is 51.7 Å². The molecule has 0 bridgehead atoms. The highest BCUT2D eigenvalue weighted by Crippen LogP contribution is 2.23. The first kappa shape index (κ1) is 16.9. The first-order valence-corrected chi connectivity index (χ1v) is 7.85. The normalized spacial score (nSPS) is 12.2. The number of aromatic nitrogens is 1. The molecule has 0 amide bonds. The smallest absolute Gasteiger partial charge is 0.311 e. The van der Waals surface area contributed by atoms with Gasteiger partial charge in [0, 0.05) is 25.1 Å². The Morgan fingerprint density at radius 1 is 1.50 bits per heavy atom. The van der Waals surface area contributed by atoms with Crippen LogP contribution in [0.1, 0.15) is 32.9 Å². The van der Waals surface area contributed by atoms with Crippen molar-refractivity contribution in [1.82, 2.24) is 4.98 Å². The minimum Gasteiger partial charge on any atom is -0.466 e. The molecule has 1 unspecified atom stereocenters. The summed E-state index contributed by atoms with van der Waals surface area (Å²) in [6, 6.07) is 0.395. The van der Waals surface area contributed by atoms with Gasteiger partial charge in [0.25, 0.3) is 0 Å². The molecule has 0 N–H and O–H groups in total. The summed E-state index contributed by atoms with van der Waals surface area (Å²) in [4.78, 5) is 18.2. The van der Waals surface area contributed by atoms with E-state index in [1.807, 2.05) is 5.38 Å². The average Bonchev–Trinajstić information content (AvgIpc) is 2.87. The maximum absolute atomic E-state index is 11.5. The molecule has 5 nitrogen and oxygen atoms in total. The number of thiazole rings is 1. The van der Waals surface area contributed by atoms with E-state index < -0.39 is 0 Å². The quantitative estimate of drug-likeness (QED) is 0.656. The number of hydrogen-bond donors (Lipinski definition) is 0. The molecule has 1 heterocycles. The number of hydrogen-bond acceptors (Lipinski definition) is 6. The van der Waals surface area contributed by atoms with Gasteiger partial charge in [-0.05, 0) is 20.3 Å². The molecule has 0 aliphatic carbocycles. The van der Waals surface area contributed by atoms with Crippen molar-refractivity contribution >= 4 is 22.4 Å². The van der Waals surface area contributed by atoms with E-state index in [0.29, 0.717) is 19.3 Å². The van der Waals surface area contributed by atoms with Crippen molar-refractivity contribution in [3.8, 4) is 0 Å². The highest BCUT2D eigenvalue weighted by atomic mass is 32.1. The van der Waals surface area contributed by atoms with E-state index in [9.17, 15) is 4.79 Å². The van der Waals surface area contributed by atoms with Crippen molar-refractivity contribution in [3.05, 3.63) is 11.1 Å². The number of carbonyl (C=O) groups is 1. The maximum atomic E-state index is 11.5. The lowest BCUT2D eigenvalue weighted by Crippen LogP contribution is -2.35. The lowest BCUT2D eigenvalue weighted by molar-refractivity contribution is -0.142. The standard InChI is InChI=1S/C14H24N2O3S/c1-5-11(3)16(7-8-18-4)14-15-12(10-20-14)9-13(17)19-6-2/h10-11H,5-9H2,1-4H3. The zero-order valence-electron chi connectivity index (χ0n) is 12.7. The maximum Gasteiger partial charge on any atom is 0.311 e. The largest absolute Gasteiger partial charge is 0.466 e. The predicted molar refractivity (Wildman–Crippen MR) is 81.4 cm³/mol. The molecule has 0 aliphatic rings. The average molecular weight is 300 g/mol. The van der Waals surface area contributed by atoms with Gasteiger partial charge in [0.15, 0.2) is 5.13 Å². The molecule has 0 radical (unpaired) electrons. The number of carbonyl (C=O) groups excluding carboxylic acids is 1. The van der Waals surface area contributed by atoms with Gasteiger partial charge in [0.1, 0.15) is 0 Å². The molecule has 0 saturated heterocycles. The molecule has 0 fully saturated rings. The fourth-order valence-corrected chi connectivity index (χ4v) is 2.74. The Morgan fingerprint density at radius 3 is 2.85 bits per heavy atom. The van der Waals surface area contributed by atoms with Crippen molar-refractivity contribution in [2.45, 2.75) is 39.7 Å². The zero-order valence-corrected chi connectivity index (χ0v) is 13.5. The summed E-state index contributed by atoms with van der Waals surface area (Å²) < 4.78 is 10.1. The van der Waals surface area contributed by atoms with Gasteiger partial charge in [-0.15, -0.1) is 11.3 Å². The minimum absolute atomic E-state index is 0.226. The summed E-state index contributed by atoms with van der Waals surface area (Å²) in [5.74, 6) is -0.226. The Balaban J connectivity index is 2.72. The van der Waals surface area contributed by atoms with Crippen LogP contribution in [-0.2, 0) is 20.7 Å². The predicted octanol–water partition coefficient (Wildman–Crippen LogP) is 2.50. The van der Waals surface area contributed by atoms with E-state index >= 15 is 0 Å². The van der Waals surface area contributed by atoms with E-state index in [-0.39, 0.29) is 12.4 Å². The van der Waals surface area contributed by atoms with E-state index in [1.54, 1.807) is 25.4 Å². The van der Waals surface area contributed by atoms with Gasteiger partial charge in [-0.3, -0.25) is 4.79 Å². The van der Waals surface area contributed by atoms with Gasteiger partial charge in [-0.1, -0.05) is 6.92 Å². The molecule has 1 aromatic rings. The van der Waals surface area contributed by atoms with Crippen LogP contribution in [0.5, 0.6) is 0 Å². The van der Waals surface area contributed by atoms with E-state index in [1.165, 1.54) is 0 Å². The molecule has 114 valence electrons. The fourth-order valence-electron chi connectivity index (χ4n) is 1.78. The van der Waals surface area contributed by atoms with Crippen LogP contribution in [0, 0.1) is 0 Å². The number of ether oxygens (including phenoxy) is 2. The highest BCUT2D eigenvalue weighted by Gasteiger charge is 2.17. The van der Waals surface area contributed by atoms with Gasteiger partial charge in [-0.25, -0.2) is 4.98 Å². The summed E-state index contributed by atoms with van der Waals surface area (Å²) in [6.07, 6.45) is 1.28. The lowest BCUT2D eigenvalue weighted by Gasteiger charge is -2.27. The van der Waals surface area contributed by atoms with Crippen LogP contribution < -0.4 is 4.90 Å². The molecule has 0 aromatic carbocycles. The molecule has 0 saturated carbocycles. The third kappa shape index (κ3) is 5.09. The number of nitrogens with zero attached hydrogens (tertiary/aromatic N) is 2. The Hall–Kier alpha value is -1.14. The summed E-state index contributed by atoms with van der Waals surface area (Å²) in [6.45, 7) is 8.00. The third-order valence-corrected chi connectivity index (χ3v) is 4.00. The summed E-state index contributed by atoms with van der Waals surface area (Å²) in [5.41, 5.74) is 0.772. The second kappa shape index (κ2) is 8.92. The van der Waals surface area contributed by atoms with Crippen molar-refractivity contribution in [2.24, 2.45) is 0 Å². The molecule has 1 atom stereocenters. The van der Waals surface area contributed by atoms with Crippen LogP contribution >= 0.6 is 11.3 Å². The van der Waals surface area contributed by atoms with Crippen molar-refractivity contribution in [2.75, 3.05) is 31.8 Å². The SMILES string of the molecule is CCOC(=O)Cc1csc(N(CCOC)C(C)CC)n1. The first-order valence-electron chi connectivity index (χ1n) is 6.97. The Kier molecular flexibility index (Phi) is 7.54. The highest BCUT2D eigenvalue weighted by molar-refractivity contribution is 7.13. The molecule has 6 heteroatoms. The van der Waals surface area contributed by atoms with Crippen LogP contribution in [0.2, 0.25) is 0 Å². The van der Waals surface area contributed by atoms with Crippen molar-refractivity contribution in [1.29, 1.82) is 0 Å². The molecule has 0 spiro atoms. The van der Waals surface area contributed by atoms with Gasteiger partial charge < -0.3 is 14.4 Å². The fraction of sp³-hybridized carbons (Fsp3) is 0.714. The molecule has 20 heavy (non-hydrogen) atoms. The van der Waals surface area contributed by atoms with Crippen LogP contribution in [-0.4, -0.2) is 43.9 Å². The molecule has 0 aliphatic heterocycles. The lowest BCUT2D eigenvalue weighted by atomic mass is 10.2. The van der Waals surface area contributed by atoms with Crippen LogP contribution in [0.3, 0.4) is 0 Å². The number of esters is 1. The van der Waals surface area contributed by atoms with E-state index in [4.69, 9.17) is 9.47 Å². The third-order valence-electron chi connectivity index (χ3n) is 3.08. The summed E-state index contributed by atoms with van der Waals surface area (Å²) in [7, 11) is 1.70. The second-order valence-corrected chi connectivity index (χ2v) is 5.38. The van der Waals surface area contributed by atoms with Crippen molar-refractivity contribution in [3.63, 3.8) is 0 Å². The molecule has 1 rings (SSSR count). The Bertz CT molecular complexity index is 409.